The number of unbranched alkanes of at least 4 members (excludes halogenated alkanes) is 2. The average Bonchev–Trinajstić information content (AvgIpc) is 3.23. The molecular formula is C45H55N3O9. The molecule has 2 amide bonds. The van der Waals surface area contributed by atoms with Crippen molar-refractivity contribution in [1.29, 1.82) is 0 Å². The lowest BCUT2D eigenvalue weighted by molar-refractivity contribution is -0.253. The number of rotatable bonds is 18. The zero-order chi connectivity index (χ0) is 40.2. The van der Waals surface area contributed by atoms with Crippen LogP contribution in [0.5, 0.6) is 11.5 Å². The molecule has 3 aromatic carbocycles. The van der Waals surface area contributed by atoms with Gasteiger partial charge in [-0.25, -0.2) is 9.59 Å². The van der Waals surface area contributed by atoms with E-state index in [9.17, 15) is 19.8 Å². The van der Waals surface area contributed by atoms with E-state index in [0.29, 0.717) is 36.6 Å². The first-order chi connectivity index (χ1) is 27.8. The monoisotopic (exact) mass is 781 g/mol. The molecule has 0 radical (unpaired) electrons. The Balaban J connectivity index is 1.45. The third-order valence-corrected chi connectivity index (χ3v) is 11.3. The van der Waals surface area contributed by atoms with Gasteiger partial charge in [-0.15, -0.1) is 6.58 Å². The standard InChI is InChI=1S/C45H55N3O9/c1-4-25-55-45-40(48(2)44(52)54-30-32-17-9-6-10-18-32)28-38(47-53-3)36-26-33(19-11-13-23-49)35(20-12-14-24-50)41(42(36)45)37-27-34(21-22-39(37)57-45)56-43(51)46-29-31-15-7-5-8-16-31/h4-10,15-18,21-22,26-27,33,35,40-42,49-50H,1,11-14,19-20,23-25,28-30H2,2-3H3,(H,46,51). The van der Waals surface area contributed by atoms with Crippen molar-refractivity contribution in [2.45, 2.75) is 75.8 Å². The van der Waals surface area contributed by atoms with Gasteiger partial charge in [-0.1, -0.05) is 90.8 Å². The van der Waals surface area contributed by atoms with Crippen LogP contribution in [-0.4, -0.2) is 78.8 Å². The van der Waals surface area contributed by atoms with E-state index in [1.54, 1.807) is 30.2 Å². The zero-order valence-corrected chi connectivity index (χ0v) is 32.9. The molecule has 0 spiro atoms. The van der Waals surface area contributed by atoms with Gasteiger partial charge in [-0.05, 0) is 72.4 Å². The normalized spacial score (nSPS) is 23.9. The Morgan fingerprint density at radius 3 is 2.37 bits per heavy atom. The predicted molar refractivity (Wildman–Crippen MR) is 216 cm³/mol. The second kappa shape index (κ2) is 19.8. The van der Waals surface area contributed by atoms with Crippen LogP contribution >= 0.6 is 0 Å². The second-order valence-corrected chi connectivity index (χ2v) is 14.8. The van der Waals surface area contributed by atoms with Crippen LogP contribution in [-0.2, 0) is 27.5 Å². The van der Waals surface area contributed by atoms with Gasteiger partial charge in [0.2, 0.25) is 5.79 Å². The number of carbonyl (C=O) groups excluding carboxylic acids is 2. The Bertz CT molecular complexity index is 1870. The number of amides is 2. The van der Waals surface area contributed by atoms with Crippen molar-refractivity contribution >= 4 is 17.9 Å². The van der Waals surface area contributed by atoms with E-state index in [0.717, 1.165) is 47.9 Å². The highest BCUT2D eigenvalue weighted by molar-refractivity contribution is 6.02. The van der Waals surface area contributed by atoms with Crippen molar-refractivity contribution in [3.63, 3.8) is 0 Å². The van der Waals surface area contributed by atoms with Crippen LogP contribution in [0.15, 0.2) is 108 Å². The van der Waals surface area contributed by atoms with Crippen LogP contribution in [0.1, 0.15) is 67.6 Å². The molecule has 1 saturated carbocycles. The Kier molecular flexibility index (Phi) is 14.4. The fourth-order valence-corrected chi connectivity index (χ4v) is 8.76. The Morgan fingerprint density at radius 2 is 1.68 bits per heavy atom. The highest BCUT2D eigenvalue weighted by Crippen LogP contribution is 2.61. The van der Waals surface area contributed by atoms with Crippen molar-refractivity contribution in [1.82, 2.24) is 10.2 Å². The first-order valence-electron chi connectivity index (χ1n) is 19.9. The van der Waals surface area contributed by atoms with Crippen LogP contribution in [0.2, 0.25) is 0 Å². The summed E-state index contributed by atoms with van der Waals surface area (Å²) in [6, 6.07) is 23.8. The number of nitrogens with one attached hydrogen (secondary N) is 1. The molecule has 1 heterocycles. The summed E-state index contributed by atoms with van der Waals surface area (Å²) in [5, 5.41) is 27.0. The topological polar surface area (TPSA) is 148 Å². The van der Waals surface area contributed by atoms with Gasteiger partial charge in [0.1, 0.15) is 31.3 Å². The van der Waals surface area contributed by atoms with Gasteiger partial charge in [0, 0.05) is 44.7 Å². The molecule has 0 bridgehead atoms. The third kappa shape index (κ3) is 9.52. The van der Waals surface area contributed by atoms with Gasteiger partial charge in [0.15, 0.2) is 0 Å². The predicted octanol–water partition coefficient (Wildman–Crippen LogP) is 7.51. The third-order valence-electron chi connectivity index (χ3n) is 11.3. The zero-order valence-electron chi connectivity index (χ0n) is 32.9. The highest BCUT2D eigenvalue weighted by atomic mass is 16.7. The van der Waals surface area contributed by atoms with Gasteiger partial charge in [0.05, 0.1) is 18.2 Å². The van der Waals surface area contributed by atoms with Crippen LogP contribution in [0.25, 0.3) is 0 Å². The maximum Gasteiger partial charge on any atom is 0.412 e. The molecule has 57 heavy (non-hydrogen) atoms. The summed E-state index contributed by atoms with van der Waals surface area (Å²) in [4.78, 5) is 34.1. The minimum absolute atomic E-state index is 0.0124. The number of likely N-dealkylation sites (N-methyl/N-ethyl adjacent to an activating group) is 1. The van der Waals surface area contributed by atoms with E-state index < -0.39 is 29.9 Å². The highest BCUT2D eigenvalue weighted by Gasteiger charge is 2.65. The van der Waals surface area contributed by atoms with Gasteiger partial charge < -0.3 is 44.2 Å². The molecule has 2 aliphatic carbocycles. The number of hydrogen-bond acceptors (Lipinski definition) is 10. The van der Waals surface area contributed by atoms with Crippen molar-refractivity contribution in [3.8, 4) is 11.5 Å². The van der Waals surface area contributed by atoms with E-state index in [1.165, 1.54) is 7.11 Å². The van der Waals surface area contributed by atoms with E-state index in [2.05, 4.69) is 23.1 Å². The van der Waals surface area contributed by atoms with Crippen molar-refractivity contribution in [2.75, 3.05) is 34.0 Å². The lowest BCUT2D eigenvalue weighted by Crippen LogP contribution is -2.69. The fraction of sp³-hybridized carbons (Fsp3) is 0.444. The first kappa shape index (κ1) is 41.5. The molecule has 6 rings (SSSR count). The molecule has 12 nitrogen and oxygen atoms in total. The summed E-state index contributed by atoms with van der Waals surface area (Å²) in [7, 11) is 3.20. The molecule has 0 aromatic heterocycles. The molecular weight excluding hydrogens is 727 g/mol. The minimum atomic E-state index is -1.42. The molecule has 0 saturated heterocycles. The molecule has 3 N–H and O–H groups in total. The summed E-state index contributed by atoms with van der Waals surface area (Å²) in [5.41, 5.74) is 4.20. The summed E-state index contributed by atoms with van der Waals surface area (Å²) < 4.78 is 25.7. The smallest absolute Gasteiger partial charge is 0.412 e. The van der Waals surface area contributed by atoms with Gasteiger partial charge >= 0.3 is 12.2 Å². The van der Waals surface area contributed by atoms with Gasteiger partial charge in [-0.3, -0.25) is 0 Å². The summed E-state index contributed by atoms with van der Waals surface area (Å²) in [6.45, 7) is 4.65. The second-order valence-electron chi connectivity index (χ2n) is 14.8. The van der Waals surface area contributed by atoms with E-state index >= 15 is 0 Å². The molecule has 6 unspecified atom stereocenters. The summed E-state index contributed by atoms with van der Waals surface area (Å²) >= 11 is 0. The number of hydrogen-bond donors (Lipinski definition) is 3. The number of ether oxygens (including phenoxy) is 4. The molecule has 3 aromatic rings. The van der Waals surface area contributed by atoms with Gasteiger partial charge in [-0.2, -0.15) is 0 Å². The molecule has 6 atom stereocenters. The largest absolute Gasteiger partial charge is 0.459 e. The Labute approximate surface area is 335 Å². The average molecular weight is 782 g/mol. The van der Waals surface area contributed by atoms with E-state index in [-0.39, 0.29) is 50.6 Å². The summed E-state index contributed by atoms with van der Waals surface area (Å²) in [6.07, 6.45) is 7.48. The lowest BCUT2D eigenvalue weighted by atomic mass is 9.55. The maximum absolute atomic E-state index is 14.0. The minimum Gasteiger partial charge on any atom is -0.459 e. The number of carbonyl (C=O) groups is 2. The quantitative estimate of drug-likeness (QED) is 0.0678. The van der Waals surface area contributed by atoms with Crippen LogP contribution in [0.3, 0.4) is 0 Å². The molecule has 1 aliphatic heterocycles. The SMILES string of the molecule is C=CCOC12Oc3ccc(OC(=O)NCc4ccccc4)cc3C3C(CCCCO)C(CCCCO)C=C(C(=NOC)CC1N(C)C(=O)OCc1ccccc1)C32. The van der Waals surface area contributed by atoms with Crippen LogP contribution in [0, 0.1) is 17.8 Å². The van der Waals surface area contributed by atoms with Crippen LogP contribution in [0.4, 0.5) is 9.59 Å². The van der Waals surface area contributed by atoms with E-state index in [1.807, 2.05) is 66.7 Å². The number of benzene rings is 3. The number of aliphatic hydroxyl groups excluding tert-OH is 2. The number of oxime groups is 1. The number of aliphatic hydroxyl groups is 2. The summed E-state index contributed by atoms with van der Waals surface area (Å²) in [5.74, 6) is -1.24. The van der Waals surface area contributed by atoms with E-state index in [4.69, 9.17) is 23.8 Å². The van der Waals surface area contributed by atoms with Crippen molar-refractivity contribution < 1.29 is 43.6 Å². The van der Waals surface area contributed by atoms with Crippen molar-refractivity contribution in [2.24, 2.45) is 22.9 Å². The number of nitrogens with zero attached hydrogens (tertiary/aromatic N) is 2. The van der Waals surface area contributed by atoms with Crippen molar-refractivity contribution in [3.05, 3.63) is 120 Å². The molecule has 3 aliphatic rings. The molecule has 1 fully saturated rings. The van der Waals surface area contributed by atoms with Crippen LogP contribution < -0.4 is 14.8 Å². The number of allylic oxidation sites excluding steroid dienone is 1. The maximum atomic E-state index is 14.0. The lowest BCUT2D eigenvalue weighted by Gasteiger charge is -2.59. The molecule has 12 heteroatoms. The number of fused-ring (bicyclic) bond motifs is 2. The van der Waals surface area contributed by atoms with Gasteiger partial charge in [0.25, 0.3) is 0 Å². The Morgan fingerprint density at radius 1 is 0.982 bits per heavy atom. The Hall–Kier alpha value is -5.17. The fourth-order valence-electron chi connectivity index (χ4n) is 8.76. The first-order valence-corrected chi connectivity index (χ1v) is 19.9. The molecule has 304 valence electrons.